The van der Waals surface area contributed by atoms with Crippen LogP contribution in [0.2, 0.25) is 0 Å². The second-order valence-electron chi connectivity index (χ2n) is 8.25. The lowest BCUT2D eigenvalue weighted by atomic mass is 9.86. The van der Waals surface area contributed by atoms with Gasteiger partial charge >= 0.3 is 6.18 Å². The van der Waals surface area contributed by atoms with E-state index < -0.39 is 17.6 Å². The molecule has 0 N–H and O–H groups in total. The summed E-state index contributed by atoms with van der Waals surface area (Å²) in [5.74, 6) is -1.16. The van der Waals surface area contributed by atoms with E-state index in [2.05, 4.69) is 15.0 Å². The minimum Gasteiger partial charge on any atom is -0.353 e. The summed E-state index contributed by atoms with van der Waals surface area (Å²) in [7, 11) is 0. The van der Waals surface area contributed by atoms with Crippen LogP contribution in [-0.2, 0) is 6.18 Å². The monoisotopic (exact) mass is 495 g/mol. The van der Waals surface area contributed by atoms with Crippen molar-refractivity contribution in [2.75, 3.05) is 36.0 Å². The lowest BCUT2D eigenvalue weighted by Crippen LogP contribution is -2.47. The molecule has 4 rings (SSSR count). The molecule has 0 saturated carbocycles. The Morgan fingerprint density at radius 2 is 1.82 bits per heavy atom. The average Bonchev–Trinajstić information content (AvgIpc) is 2.82. The molecule has 2 aromatic rings. The highest BCUT2D eigenvalue weighted by Crippen LogP contribution is 2.39. The largest absolute Gasteiger partial charge is 0.419 e. The first-order chi connectivity index (χ1) is 16.1. The molecule has 1 saturated heterocycles. The fourth-order valence-electron chi connectivity index (χ4n) is 4.12. The molecule has 2 unspecified atom stereocenters. The Morgan fingerprint density at radius 1 is 1.15 bits per heavy atom. The summed E-state index contributed by atoms with van der Waals surface area (Å²) in [6, 6.07) is 4.01. The summed E-state index contributed by atoms with van der Waals surface area (Å²) in [6.07, 6.45) is -0.224. The first-order valence-electron chi connectivity index (χ1n) is 10.7. The van der Waals surface area contributed by atoms with Crippen molar-refractivity contribution in [1.82, 2.24) is 15.0 Å². The van der Waals surface area contributed by atoms with Crippen LogP contribution in [0.15, 0.2) is 47.4 Å². The van der Waals surface area contributed by atoms with Crippen molar-refractivity contribution in [3.8, 4) is 0 Å². The summed E-state index contributed by atoms with van der Waals surface area (Å²) in [6.45, 7) is 4.44. The lowest BCUT2D eigenvalue weighted by Gasteiger charge is -2.37. The number of nitrogens with zero attached hydrogens (tertiary/aromatic N) is 5. The van der Waals surface area contributed by atoms with E-state index in [0.717, 1.165) is 6.07 Å². The maximum absolute atomic E-state index is 13.9. The van der Waals surface area contributed by atoms with E-state index >= 15 is 0 Å². The number of carbonyl (C=O) groups is 1. The van der Waals surface area contributed by atoms with Gasteiger partial charge in [0.15, 0.2) is 11.6 Å². The van der Waals surface area contributed by atoms with Crippen LogP contribution < -0.4 is 9.80 Å². The van der Waals surface area contributed by atoms with Gasteiger partial charge in [-0.15, -0.1) is 0 Å². The van der Waals surface area contributed by atoms with Crippen LogP contribution in [0.5, 0.6) is 0 Å². The SMILES string of the molecule is CC(=O)c1nc(C2C=CC(F)=C(Cl)C2C)cc(N2CCN(c3ncccc3C(F)(F)F)CC2)n1. The van der Waals surface area contributed by atoms with Gasteiger partial charge in [0.1, 0.15) is 17.5 Å². The highest BCUT2D eigenvalue weighted by molar-refractivity contribution is 6.30. The van der Waals surface area contributed by atoms with E-state index in [-0.39, 0.29) is 47.4 Å². The molecule has 6 nitrogen and oxygen atoms in total. The zero-order chi connectivity index (χ0) is 24.6. The number of pyridine rings is 1. The Labute approximate surface area is 199 Å². The Morgan fingerprint density at radius 3 is 2.47 bits per heavy atom. The predicted octanol–water partition coefficient (Wildman–Crippen LogP) is 5.13. The topological polar surface area (TPSA) is 62.2 Å². The second kappa shape index (κ2) is 9.32. The molecule has 34 heavy (non-hydrogen) atoms. The van der Waals surface area contributed by atoms with Gasteiger partial charge in [0, 0.05) is 57.2 Å². The van der Waals surface area contributed by atoms with E-state index in [1.807, 2.05) is 4.90 Å². The fourth-order valence-corrected chi connectivity index (χ4v) is 4.32. The van der Waals surface area contributed by atoms with E-state index in [9.17, 15) is 22.4 Å². The van der Waals surface area contributed by atoms with E-state index in [1.54, 1.807) is 24.0 Å². The Hall–Kier alpha value is -3.01. The molecule has 3 heterocycles. The smallest absolute Gasteiger partial charge is 0.353 e. The summed E-state index contributed by atoms with van der Waals surface area (Å²) in [4.78, 5) is 28.3. The molecule has 180 valence electrons. The molecule has 0 bridgehead atoms. The second-order valence-corrected chi connectivity index (χ2v) is 8.65. The quantitative estimate of drug-likeness (QED) is 0.433. The van der Waals surface area contributed by atoms with Crippen molar-refractivity contribution in [3.63, 3.8) is 0 Å². The number of ketones is 1. The molecule has 0 amide bonds. The maximum atomic E-state index is 13.9. The molecule has 0 aromatic carbocycles. The summed E-state index contributed by atoms with van der Waals surface area (Å²) in [5, 5.41) is 0.0847. The molecule has 2 aromatic heterocycles. The number of halogens is 5. The summed E-state index contributed by atoms with van der Waals surface area (Å²) >= 11 is 6.11. The van der Waals surface area contributed by atoms with Gasteiger partial charge in [-0.05, 0) is 18.2 Å². The van der Waals surface area contributed by atoms with Crippen molar-refractivity contribution >= 4 is 29.0 Å². The summed E-state index contributed by atoms with van der Waals surface area (Å²) < 4.78 is 54.1. The third-order valence-corrected chi connectivity index (χ3v) is 6.53. The maximum Gasteiger partial charge on any atom is 0.419 e. The number of anilines is 2. The third-order valence-electron chi connectivity index (χ3n) is 6.00. The number of Topliss-reactive ketones (excluding diaryl/α,β-unsaturated/α-hetero) is 1. The van der Waals surface area contributed by atoms with Gasteiger partial charge in [-0.25, -0.2) is 19.3 Å². The molecule has 1 fully saturated rings. The molecule has 0 spiro atoms. The molecule has 0 radical (unpaired) electrons. The number of hydrogen-bond acceptors (Lipinski definition) is 6. The molecule has 2 aliphatic rings. The van der Waals surface area contributed by atoms with Crippen molar-refractivity contribution in [2.45, 2.75) is 25.9 Å². The van der Waals surface area contributed by atoms with E-state index in [4.69, 9.17) is 11.6 Å². The minimum atomic E-state index is -4.50. The number of hydrogen-bond donors (Lipinski definition) is 0. The number of rotatable bonds is 4. The third kappa shape index (κ3) is 4.77. The Balaban J connectivity index is 1.59. The first-order valence-corrected chi connectivity index (χ1v) is 11.1. The van der Waals surface area contributed by atoms with Crippen LogP contribution in [0.3, 0.4) is 0 Å². The number of piperazine rings is 1. The van der Waals surface area contributed by atoms with Crippen LogP contribution in [0.1, 0.15) is 41.6 Å². The van der Waals surface area contributed by atoms with Crippen molar-refractivity contribution in [3.05, 3.63) is 64.5 Å². The van der Waals surface area contributed by atoms with Gasteiger partial charge in [-0.1, -0.05) is 24.6 Å². The average molecular weight is 496 g/mol. The number of allylic oxidation sites excluding steroid dienone is 4. The number of alkyl halides is 3. The van der Waals surface area contributed by atoms with Crippen molar-refractivity contribution in [2.24, 2.45) is 5.92 Å². The summed E-state index contributed by atoms with van der Waals surface area (Å²) in [5.41, 5.74) is -0.252. The van der Waals surface area contributed by atoms with Crippen molar-refractivity contribution < 1.29 is 22.4 Å². The van der Waals surface area contributed by atoms with Crippen LogP contribution in [0, 0.1) is 5.92 Å². The predicted molar refractivity (Wildman–Crippen MR) is 121 cm³/mol. The fraction of sp³-hybridized carbons (Fsp3) is 0.391. The molecule has 2 atom stereocenters. The van der Waals surface area contributed by atoms with Gasteiger partial charge in [0.2, 0.25) is 0 Å². The molecule has 11 heteroatoms. The van der Waals surface area contributed by atoms with E-state index in [1.165, 1.54) is 25.3 Å². The van der Waals surface area contributed by atoms with Gasteiger partial charge in [-0.2, -0.15) is 13.2 Å². The lowest BCUT2D eigenvalue weighted by molar-refractivity contribution is -0.137. The van der Waals surface area contributed by atoms with Gasteiger partial charge in [0.25, 0.3) is 0 Å². The highest BCUT2D eigenvalue weighted by Gasteiger charge is 2.36. The van der Waals surface area contributed by atoms with Gasteiger partial charge in [-0.3, -0.25) is 4.79 Å². The van der Waals surface area contributed by atoms with Gasteiger partial charge < -0.3 is 9.80 Å². The molecule has 1 aliphatic heterocycles. The Bertz CT molecular complexity index is 1160. The normalized spacial score (nSPS) is 21.3. The zero-order valence-electron chi connectivity index (χ0n) is 18.5. The molecular weight excluding hydrogens is 474 g/mol. The van der Waals surface area contributed by atoms with Crippen LogP contribution in [-0.4, -0.2) is 46.9 Å². The number of aromatic nitrogens is 3. The highest BCUT2D eigenvalue weighted by atomic mass is 35.5. The van der Waals surface area contributed by atoms with Crippen LogP contribution >= 0.6 is 11.6 Å². The molecular formula is C23H22ClF4N5O. The molecule has 1 aliphatic carbocycles. The van der Waals surface area contributed by atoms with Crippen LogP contribution in [0.25, 0.3) is 0 Å². The van der Waals surface area contributed by atoms with Crippen LogP contribution in [0.4, 0.5) is 29.2 Å². The Kier molecular flexibility index (Phi) is 6.62. The van der Waals surface area contributed by atoms with Crippen molar-refractivity contribution in [1.29, 1.82) is 0 Å². The number of carbonyl (C=O) groups excluding carboxylic acids is 1. The minimum absolute atomic E-state index is 0.0192. The first kappa shape index (κ1) is 24.1. The van der Waals surface area contributed by atoms with Gasteiger partial charge in [0.05, 0.1) is 16.3 Å². The standard InChI is InChI=1S/C23H22ClF4N5O/c1-13-15(5-6-17(25)20(13)24)18-12-19(31-21(30-18)14(2)34)32-8-10-33(11-9-32)22-16(23(26,27)28)4-3-7-29-22/h3-7,12-13,15H,8-11H2,1-2H3. The van der Waals surface area contributed by atoms with E-state index in [0.29, 0.717) is 24.6 Å². The zero-order valence-corrected chi connectivity index (χ0v) is 19.2.